The zero-order chi connectivity index (χ0) is 11.2. The van der Waals surface area contributed by atoms with E-state index in [4.69, 9.17) is 0 Å². The lowest BCUT2D eigenvalue weighted by atomic mass is 9.81. The van der Waals surface area contributed by atoms with E-state index < -0.39 is 0 Å². The average molecular weight is 218 g/mol. The van der Waals surface area contributed by atoms with E-state index in [1.165, 1.54) is 37.7 Å². The fourth-order valence-corrected chi connectivity index (χ4v) is 2.80. The van der Waals surface area contributed by atoms with Crippen LogP contribution in [-0.4, -0.2) is 11.5 Å². The Hall–Kier alpha value is -0.890. The summed E-state index contributed by atoms with van der Waals surface area (Å²) < 4.78 is 0. The van der Waals surface area contributed by atoms with E-state index in [1.54, 1.807) is 0 Å². The second kappa shape index (κ2) is 6.00. The van der Waals surface area contributed by atoms with Gasteiger partial charge in [-0.25, -0.2) is 0 Å². The van der Waals surface area contributed by atoms with E-state index in [-0.39, 0.29) is 0 Å². The molecule has 0 unspecified atom stereocenters. The van der Waals surface area contributed by atoms with Gasteiger partial charge >= 0.3 is 0 Å². The van der Waals surface area contributed by atoms with Crippen LogP contribution >= 0.6 is 0 Å². The van der Waals surface area contributed by atoms with E-state index in [2.05, 4.69) is 23.3 Å². The second-order valence-corrected chi connectivity index (χ2v) is 4.72. The number of rotatable bonds is 4. The molecule has 1 fully saturated rings. The van der Waals surface area contributed by atoms with Crippen molar-refractivity contribution in [2.75, 3.05) is 6.54 Å². The molecule has 1 aliphatic carbocycles. The van der Waals surface area contributed by atoms with Gasteiger partial charge in [-0.1, -0.05) is 32.3 Å². The summed E-state index contributed by atoms with van der Waals surface area (Å²) in [4.78, 5) is 4.24. The zero-order valence-corrected chi connectivity index (χ0v) is 10.2. The third kappa shape index (κ3) is 2.82. The van der Waals surface area contributed by atoms with Crippen LogP contribution in [0.3, 0.4) is 0 Å². The first-order chi connectivity index (χ1) is 7.92. The SMILES string of the molecule is CCN[C@H](c1cccnc1)C1CCCCC1. The van der Waals surface area contributed by atoms with Gasteiger partial charge in [-0.05, 0) is 36.9 Å². The molecular weight excluding hydrogens is 196 g/mol. The first-order valence-corrected chi connectivity index (χ1v) is 6.55. The van der Waals surface area contributed by atoms with Crippen LogP contribution in [0, 0.1) is 5.92 Å². The Morgan fingerprint density at radius 1 is 1.38 bits per heavy atom. The molecule has 1 heterocycles. The molecule has 1 aliphatic rings. The van der Waals surface area contributed by atoms with Crippen molar-refractivity contribution >= 4 is 0 Å². The van der Waals surface area contributed by atoms with E-state index >= 15 is 0 Å². The first-order valence-electron chi connectivity index (χ1n) is 6.55. The lowest BCUT2D eigenvalue weighted by Gasteiger charge is -2.31. The van der Waals surface area contributed by atoms with Crippen molar-refractivity contribution in [3.8, 4) is 0 Å². The molecule has 16 heavy (non-hydrogen) atoms. The Kier molecular flexibility index (Phi) is 4.34. The number of hydrogen-bond acceptors (Lipinski definition) is 2. The van der Waals surface area contributed by atoms with Crippen molar-refractivity contribution in [3.63, 3.8) is 0 Å². The van der Waals surface area contributed by atoms with E-state index in [0.717, 1.165) is 12.5 Å². The third-order valence-corrected chi connectivity index (χ3v) is 3.59. The molecule has 2 rings (SSSR count). The Balaban J connectivity index is 2.09. The van der Waals surface area contributed by atoms with Gasteiger partial charge in [0.05, 0.1) is 0 Å². The van der Waals surface area contributed by atoms with Crippen molar-refractivity contribution in [1.29, 1.82) is 0 Å². The summed E-state index contributed by atoms with van der Waals surface area (Å²) in [5, 5.41) is 3.63. The number of nitrogens with one attached hydrogen (secondary N) is 1. The minimum atomic E-state index is 0.513. The van der Waals surface area contributed by atoms with Crippen LogP contribution in [0.25, 0.3) is 0 Å². The summed E-state index contributed by atoms with van der Waals surface area (Å²) in [5.74, 6) is 0.804. The molecule has 2 nitrogen and oxygen atoms in total. The summed E-state index contributed by atoms with van der Waals surface area (Å²) >= 11 is 0. The summed E-state index contributed by atoms with van der Waals surface area (Å²) in [7, 11) is 0. The van der Waals surface area contributed by atoms with Gasteiger partial charge in [0.2, 0.25) is 0 Å². The van der Waals surface area contributed by atoms with Gasteiger partial charge in [-0.2, -0.15) is 0 Å². The molecule has 88 valence electrons. The summed E-state index contributed by atoms with van der Waals surface area (Å²) in [5.41, 5.74) is 1.36. The Morgan fingerprint density at radius 3 is 2.81 bits per heavy atom. The van der Waals surface area contributed by atoms with E-state index in [0.29, 0.717) is 6.04 Å². The highest BCUT2D eigenvalue weighted by atomic mass is 14.9. The van der Waals surface area contributed by atoms with E-state index in [9.17, 15) is 0 Å². The summed E-state index contributed by atoms with van der Waals surface area (Å²) in [6, 6.07) is 4.76. The minimum absolute atomic E-state index is 0.513. The second-order valence-electron chi connectivity index (χ2n) is 4.72. The summed E-state index contributed by atoms with van der Waals surface area (Å²) in [6.07, 6.45) is 10.8. The number of aromatic nitrogens is 1. The number of pyridine rings is 1. The lowest BCUT2D eigenvalue weighted by molar-refractivity contribution is 0.274. The molecule has 0 aromatic carbocycles. The standard InChI is InChI=1S/C14H22N2/c1-2-16-14(12-7-4-3-5-8-12)13-9-6-10-15-11-13/h6,9-12,14,16H,2-5,7-8H2,1H3/t14-/m0/s1. The fraction of sp³-hybridized carbons (Fsp3) is 0.643. The molecule has 1 N–H and O–H groups in total. The molecule has 0 spiro atoms. The van der Waals surface area contributed by atoms with Crippen LogP contribution < -0.4 is 5.32 Å². The predicted octanol–water partition coefficient (Wildman–Crippen LogP) is 3.31. The van der Waals surface area contributed by atoms with E-state index in [1.807, 2.05) is 18.5 Å². The molecular formula is C14H22N2. The van der Waals surface area contributed by atoms with Gasteiger partial charge in [0.25, 0.3) is 0 Å². The third-order valence-electron chi connectivity index (χ3n) is 3.59. The molecule has 1 saturated carbocycles. The topological polar surface area (TPSA) is 24.9 Å². The molecule has 0 amide bonds. The number of hydrogen-bond donors (Lipinski definition) is 1. The van der Waals surface area contributed by atoms with Crippen LogP contribution in [0.5, 0.6) is 0 Å². The Morgan fingerprint density at radius 2 is 2.19 bits per heavy atom. The maximum absolute atomic E-state index is 4.24. The van der Waals surface area contributed by atoms with Crippen molar-refractivity contribution in [2.45, 2.75) is 45.1 Å². The largest absolute Gasteiger partial charge is 0.310 e. The van der Waals surface area contributed by atoms with Crippen LogP contribution in [0.2, 0.25) is 0 Å². The lowest BCUT2D eigenvalue weighted by Crippen LogP contribution is -2.29. The van der Waals surface area contributed by atoms with Gasteiger partial charge < -0.3 is 5.32 Å². The molecule has 0 aliphatic heterocycles. The molecule has 0 radical (unpaired) electrons. The first kappa shape index (κ1) is 11.6. The van der Waals surface area contributed by atoms with Gasteiger partial charge in [-0.15, -0.1) is 0 Å². The van der Waals surface area contributed by atoms with Gasteiger partial charge in [0.15, 0.2) is 0 Å². The van der Waals surface area contributed by atoms with Crippen molar-refractivity contribution in [1.82, 2.24) is 10.3 Å². The monoisotopic (exact) mass is 218 g/mol. The molecule has 0 saturated heterocycles. The van der Waals surface area contributed by atoms with Crippen LogP contribution in [0.4, 0.5) is 0 Å². The van der Waals surface area contributed by atoms with Crippen molar-refractivity contribution in [2.24, 2.45) is 5.92 Å². The average Bonchev–Trinajstić information content (AvgIpc) is 2.38. The Labute approximate surface area is 98.5 Å². The van der Waals surface area contributed by atoms with Crippen molar-refractivity contribution in [3.05, 3.63) is 30.1 Å². The van der Waals surface area contributed by atoms with Gasteiger partial charge in [0, 0.05) is 18.4 Å². The minimum Gasteiger partial charge on any atom is -0.310 e. The maximum atomic E-state index is 4.24. The van der Waals surface area contributed by atoms with Gasteiger partial charge in [0.1, 0.15) is 0 Å². The molecule has 1 atom stereocenters. The maximum Gasteiger partial charge on any atom is 0.0363 e. The Bertz CT molecular complexity index is 291. The number of nitrogens with zero attached hydrogens (tertiary/aromatic N) is 1. The van der Waals surface area contributed by atoms with Crippen LogP contribution in [-0.2, 0) is 0 Å². The predicted molar refractivity (Wildman–Crippen MR) is 67.2 cm³/mol. The van der Waals surface area contributed by atoms with Crippen LogP contribution in [0.1, 0.15) is 50.6 Å². The smallest absolute Gasteiger partial charge is 0.0363 e. The molecule has 2 heteroatoms. The van der Waals surface area contributed by atoms with Crippen molar-refractivity contribution < 1.29 is 0 Å². The molecule has 1 aromatic rings. The molecule has 0 bridgehead atoms. The quantitative estimate of drug-likeness (QED) is 0.838. The fourth-order valence-electron chi connectivity index (χ4n) is 2.80. The highest BCUT2D eigenvalue weighted by Crippen LogP contribution is 2.33. The molecule has 1 aromatic heterocycles. The summed E-state index contributed by atoms with van der Waals surface area (Å²) in [6.45, 7) is 3.22. The van der Waals surface area contributed by atoms with Crippen LogP contribution in [0.15, 0.2) is 24.5 Å². The normalized spacial score (nSPS) is 19.6. The highest BCUT2D eigenvalue weighted by molar-refractivity contribution is 5.15. The highest BCUT2D eigenvalue weighted by Gasteiger charge is 2.24. The zero-order valence-electron chi connectivity index (χ0n) is 10.2. The van der Waals surface area contributed by atoms with Gasteiger partial charge in [-0.3, -0.25) is 4.98 Å².